The number of allylic oxidation sites excluding steroid dienone is 5. The van der Waals surface area contributed by atoms with Crippen LogP contribution in [0, 0.1) is 0 Å². The van der Waals surface area contributed by atoms with Crippen molar-refractivity contribution in [1.29, 1.82) is 0 Å². The summed E-state index contributed by atoms with van der Waals surface area (Å²) < 4.78 is 0. The monoisotopic (exact) mass is 199 g/mol. The molecule has 0 unspecified atom stereocenters. The van der Waals surface area contributed by atoms with E-state index in [4.69, 9.17) is 5.73 Å². The molecule has 1 nitrogen and oxygen atoms in total. The van der Waals surface area contributed by atoms with Gasteiger partial charge in [-0.2, -0.15) is 0 Å². The predicted molar refractivity (Wildman–Crippen MR) is 67.7 cm³/mol. The maximum absolute atomic E-state index is 5.84. The fourth-order valence-electron chi connectivity index (χ4n) is 1.30. The number of nitrogen functional groups attached to an aromatic ring is 1. The van der Waals surface area contributed by atoms with E-state index in [0.29, 0.717) is 0 Å². The zero-order valence-corrected chi connectivity index (χ0v) is 9.11. The molecule has 0 bridgehead atoms. The summed E-state index contributed by atoms with van der Waals surface area (Å²) in [5.74, 6) is 0. The van der Waals surface area contributed by atoms with Crippen molar-refractivity contribution in [1.82, 2.24) is 0 Å². The lowest BCUT2D eigenvalue weighted by Crippen LogP contribution is -1.94. The Morgan fingerprint density at radius 2 is 2.07 bits per heavy atom. The fourth-order valence-corrected chi connectivity index (χ4v) is 1.30. The first-order valence-electron chi connectivity index (χ1n) is 5.04. The van der Waals surface area contributed by atoms with E-state index in [0.717, 1.165) is 23.2 Å². The number of hydrogen-bond acceptors (Lipinski definition) is 1. The first-order chi connectivity index (χ1) is 7.24. The second-order valence-electron chi connectivity index (χ2n) is 3.42. The molecule has 2 N–H and O–H groups in total. The molecule has 78 valence electrons. The van der Waals surface area contributed by atoms with Crippen molar-refractivity contribution in [3.63, 3.8) is 0 Å². The minimum absolute atomic E-state index is 0.806. The Bertz CT molecular complexity index is 386. The van der Waals surface area contributed by atoms with Crippen LogP contribution in [0.3, 0.4) is 0 Å². The van der Waals surface area contributed by atoms with Crippen LogP contribution in [0.15, 0.2) is 60.7 Å². The first kappa shape index (κ1) is 11.3. The largest absolute Gasteiger partial charge is 0.398 e. The van der Waals surface area contributed by atoms with Gasteiger partial charge in [-0.15, -0.1) is 0 Å². The molecule has 0 atom stereocenters. The van der Waals surface area contributed by atoms with E-state index < -0.39 is 0 Å². The van der Waals surface area contributed by atoms with Gasteiger partial charge in [0.25, 0.3) is 0 Å². The van der Waals surface area contributed by atoms with Crippen LogP contribution >= 0.6 is 0 Å². The van der Waals surface area contributed by atoms with Crippen molar-refractivity contribution in [2.45, 2.75) is 13.3 Å². The number of para-hydroxylation sites is 1. The molecule has 0 fully saturated rings. The number of anilines is 1. The van der Waals surface area contributed by atoms with E-state index >= 15 is 0 Å². The summed E-state index contributed by atoms with van der Waals surface area (Å²) in [7, 11) is 0. The molecule has 0 aliphatic carbocycles. The molecule has 1 rings (SSSR count). The van der Waals surface area contributed by atoms with Crippen LogP contribution in [-0.2, 0) is 6.42 Å². The summed E-state index contributed by atoms with van der Waals surface area (Å²) in [4.78, 5) is 0. The van der Waals surface area contributed by atoms with Gasteiger partial charge in [0.15, 0.2) is 0 Å². The highest BCUT2D eigenvalue weighted by Gasteiger charge is 1.97. The molecule has 1 heteroatoms. The molecular weight excluding hydrogens is 182 g/mol. The van der Waals surface area contributed by atoms with E-state index in [-0.39, 0.29) is 0 Å². The van der Waals surface area contributed by atoms with Crippen LogP contribution in [0.25, 0.3) is 0 Å². The molecule has 0 spiro atoms. The molecule has 0 aliphatic heterocycles. The fraction of sp³-hybridized carbons (Fsp3) is 0.143. The van der Waals surface area contributed by atoms with E-state index in [1.165, 1.54) is 0 Å². The molecule has 15 heavy (non-hydrogen) atoms. The predicted octanol–water partition coefficient (Wildman–Crippen LogP) is 3.50. The summed E-state index contributed by atoms with van der Waals surface area (Å²) in [6, 6.07) is 7.88. The topological polar surface area (TPSA) is 26.0 Å². The maximum Gasteiger partial charge on any atom is 0.0349 e. The van der Waals surface area contributed by atoms with Gasteiger partial charge in [-0.05, 0) is 25.0 Å². The number of rotatable bonds is 4. The highest BCUT2D eigenvalue weighted by Crippen LogP contribution is 2.14. The van der Waals surface area contributed by atoms with Crippen LogP contribution in [0.2, 0.25) is 0 Å². The Hall–Kier alpha value is -1.76. The van der Waals surface area contributed by atoms with Crippen molar-refractivity contribution in [3.05, 3.63) is 66.3 Å². The Morgan fingerprint density at radius 1 is 1.33 bits per heavy atom. The second-order valence-corrected chi connectivity index (χ2v) is 3.42. The summed E-state index contributed by atoms with van der Waals surface area (Å²) in [6.45, 7) is 5.98. The summed E-state index contributed by atoms with van der Waals surface area (Å²) >= 11 is 0. The zero-order valence-electron chi connectivity index (χ0n) is 9.11. The van der Waals surface area contributed by atoms with Crippen molar-refractivity contribution in [2.75, 3.05) is 5.73 Å². The van der Waals surface area contributed by atoms with E-state index in [1.54, 1.807) is 0 Å². The second kappa shape index (κ2) is 5.86. The lowest BCUT2D eigenvalue weighted by Gasteiger charge is -2.04. The summed E-state index contributed by atoms with van der Waals surface area (Å²) in [6.07, 6.45) is 8.77. The van der Waals surface area contributed by atoms with Gasteiger partial charge in [-0.1, -0.05) is 54.7 Å². The van der Waals surface area contributed by atoms with Gasteiger partial charge in [0, 0.05) is 5.69 Å². The molecule has 0 aliphatic rings. The average molecular weight is 199 g/mol. The third-order valence-corrected chi connectivity index (χ3v) is 2.11. The minimum atomic E-state index is 0.806. The van der Waals surface area contributed by atoms with Crippen LogP contribution in [-0.4, -0.2) is 0 Å². The number of benzene rings is 1. The van der Waals surface area contributed by atoms with Gasteiger partial charge in [0.1, 0.15) is 0 Å². The number of hydrogen-bond donors (Lipinski definition) is 1. The quantitative estimate of drug-likeness (QED) is 0.583. The standard InChI is InChI=1S/C14H17N/c1-3-4-5-8-12(2)11-13-9-6-7-10-14(13)15/h3-10H,2,11,15H2,1H3/b4-3-,8-5-. The molecule has 0 amide bonds. The molecule has 0 heterocycles. The average Bonchev–Trinajstić information content (AvgIpc) is 2.22. The molecular formula is C14H17N. The van der Waals surface area contributed by atoms with Gasteiger partial charge >= 0.3 is 0 Å². The van der Waals surface area contributed by atoms with E-state index in [1.807, 2.05) is 55.5 Å². The Morgan fingerprint density at radius 3 is 2.73 bits per heavy atom. The molecule has 1 aromatic carbocycles. The Kier molecular flexibility index (Phi) is 4.42. The van der Waals surface area contributed by atoms with Gasteiger partial charge in [-0.3, -0.25) is 0 Å². The van der Waals surface area contributed by atoms with Gasteiger partial charge in [0.05, 0.1) is 0 Å². The van der Waals surface area contributed by atoms with E-state index in [2.05, 4.69) is 6.58 Å². The SMILES string of the molecule is C=C(/C=C\C=C/C)Cc1ccccc1N. The molecule has 0 radical (unpaired) electrons. The van der Waals surface area contributed by atoms with Crippen LogP contribution in [0.5, 0.6) is 0 Å². The third-order valence-electron chi connectivity index (χ3n) is 2.11. The lowest BCUT2D eigenvalue weighted by atomic mass is 10.0. The zero-order chi connectivity index (χ0) is 11.1. The van der Waals surface area contributed by atoms with Crippen LogP contribution < -0.4 is 5.73 Å². The van der Waals surface area contributed by atoms with Gasteiger partial charge in [-0.25, -0.2) is 0 Å². The van der Waals surface area contributed by atoms with Gasteiger partial charge in [0.2, 0.25) is 0 Å². The van der Waals surface area contributed by atoms with Crippen molar-refractivity contribution < 1.29 is 0 Å². The van der Waals surface area contributed by atoms with E-state index in [9.17, 15) is 0 Å². The van der Waals surface area contributed by atoms with Crippen LogP contribution in [0.1, 0.15) is 12.5 Å². The van der Waals surface area contributed by atoms with Gasteiger partial charge < -0.3 is 5.73 Å². The minimum Gasteiger partial charge on any atom is -0.398 e. The molecule has 1 aromatic rings. The third kappa shape index (κ3) is 3.86. The number of nitrogens with two attached hydrogens (primary N) is 1. The van der Waals surface area contributed by atoms with Crippen molar-refractivity contribution in [2.24, 2.45) is 0 Å². The van der Waals surface area contributed by atoms with Crippen molar-refractivity contribution >= 4 is 5.69 Å². The van der Waals surface area contributed by atoms with Crippen LogP contribution in [0.4, 0.5) is 5.69 Å². The molecule has 0 saturated carbocycles. The first-order valence-corrected chi connectivity index (χ1v) is 5.04. The normalized spacial score (nSPS) is 11.3. The Labute approximate surface area is 91.6 Å². The van der Waals surface area contributed by atoms with Crippen molar-refractivity contribution in [3.8, 4) is 0 Å². The summed E-state index contributed by atoms with van der Waals surface area (Å²) in [5, 5.41) is 0. The maximum atomic E-state index is 5.84. The highest BCUT2D eigenvalue weighted by molar-refractivity contribution is 5.48. The highest BCUT2D eigenvalue weighted by atomic mass is 14.6. The Balaban J connectivity index is 2.63. The lowest BCUT2D eigenvalue weighted by molar-refractivity contribution is 1.21. The molecule has 0 saturated heterocycles. The summed E-state index contributed by atoms with van der Waals surface area (Å²) in [5.41, 5.74) is 8.87. The molecule has 0 aromatic heterocycles. The smallest absolute Gasteiger partial charge is 0.0349 e.